The quantitative estimate of drug-likeness (QED) is 0.436. The minimum absolute atomic E-state index is 0.112. The molecule has 0 aliphatic carbocycles. The Labute approximate surface area is 202 Å². The van der Waals surface area contributed by atoms with Crippen LogP contribution in [0.2, 0.25) is 0 Å². The van der Waals surface area contributed by atoms with Gasteiger partial charge in [-0.25, -0.2) is 9.97 Å². The van der Waals surface area contributed by atoms with Crippen molar-refractivity contribution in [1.82, 2.24) is 19.3 Å². The number of nitrogen functional groups attached to an aromatic ring is 1. The molecular formula is C26H25N7O2. The average molecular weight is 468 g/mol. The Hall–Kier alpha value is -4.66. The summed E-state index contributed by atoms with van der Waals surface area (Å²) in [5.74, 6) is 0.761. The second-order valence-electron chi connectivity index (χ2n) is 8.35. The van der Waals surface area contributed by atoms with Gasteiger partial charge in [0, 0.05) is 42.3 Å². The molecule has 0 saturated carbocycles. The van der Waals surface area contributed by atoms with Gasteiger partial charge >= 0.3 is 0 Å². The number of benzene rings is 2. The van der Waals surface area contributed by atoms with Crippen LogP contribution < -0.4 is 16.0 Å². The molecule has 1 fully saturated rings. The number of imidazole rings is 1. The molecule has 9 heteroatoms. The number of carbonyl (C=O) groups excluding carboxylic acids is 2. The fraction of sp³-hybridized carbons (Fsp3) is 0.154. The van der Waals surface area contributed by atoms with Crippen molar-refractivity contribution in [3.05, 3.63) is 84.7 Å². The molecule has 1 aliphatic rings. The fourth-order valence-corrected chi connectivity index (χ4v) is 4.27. The molecule has 3 heterocycles. The number of rotatable bonds is 5. The van der Waals surface area contributed by atoms with Gasteiger partial charge in [-0.05, 0) is 42.8 Å². The molecule has 0 atom stereocenters. The molecule has 176 valence electrons. The highest BCUT2D eigenvalue weighted by Crippen LogP contribution is 2.33. The lowest BCUT2D eigenvalue weighted by molar-refractivity contribution is -0.124. The second-order valence-corrected chi connectivity index (χ2v) is 8.35. The average Bonchev–Trinajstić information content (AvgIpc) is 3.51. The fourth-order valence-electron chi connectivity index (χ4n) is 4.27. The molecule has 1 saturated heterocycles. The zero-order valence-corrected chi connectivity index (χ0v) is 19.3. The summed E-state index contributed by atoms with van der Waals surface area (Å²) in [6, 6.07) is 14.8. The number of nitrogens with one attached hydrogen (secondary N) is 1. The molecule has 2 aromatic heterocycles. The van der Waals surface area contributed by atoms with E-state index in [0.717, 1.165) is 16.8 Å². The number of nitrogens with zero attached hydrogens (tertiary/aromatic N) is 5. The second kappa shape index (κ2) is 8.94. The predicted octanol–water partition coefficient (Wildman–Crippen LogP) is 3.33. The molecule has 0 bridgehead atoms. The van der Waals surface area contributed by atoms with E-state index in [1.165, 1.54) is 6.08 Å². The Bertz CT molecular complexity index is 1450. The number of hydrogen-bond donors (Lipinski definition) is 2. The molecule has 2 aromatic carbocycles. The number of amides is 2. The first-order valence-electron chi connectivity index (χ1n) is 11.2. The van der Waals surface area contributed by atoms with Crippen molar-refractivity contribution in [2.75, 3.05) is 35.7 Å². The molecular weight excluding hydrogens is 442 g/mol. The molecule has 35 heavy (non-hydrogen) atoms. The van der Waals surface area contributed by atoms with Crippen LogP contribution in [0.1, 0.15) is 15.9 Å². The summed E-state index contributed by atoms with van der Waals surface area (Å²) in [4.78, 5) is 37.6. The highest BCUT2D eigenvalue weighted by molar-refractivity contribution is 6.04. The molecule has 3 N–H and O–H groups in total. The summed E-state index contributed by atoms with van der Waals surface area (Å²) in [5, 5.41) is 2.97. The monoisotopic (exact) mass is 467 g/mol. The maximum absolute atomic E-state index is 12.6. The van der Waals surface area contributed by atoms with Crippen LogP contribution in [0.5, 0.6) is 0 Å². The number of fused-ring (bicyclic) bond motifs is 1. The van der Waals surface area contributed by atoms with Crippen molar-refractivity contribution < 1.29 is 9.59 Å². The van der Waals surface area contributed by atoms with E-state index in [-0.39, 0.29) is 11.8 Å². The smallest absolute Gasteiger partial charge is 0.255 e. The lowest BCUT2D eigenvalue weighted by Gasteiger charge is -2.17. The van der Waals surface area contributed by atoms with Gasteiger partial charge < -0.3 is 20.9 Å². The number of anilines is 3. The third-order valence-corrected chi connectivity index (χ3v) is 6.10. The maximum Gasteiger partial charge on any atom is 0.255 e. The van der Waals surface area contributed by atoms with Crippen LogP contribution in [0, 0.1) is 6.92 Å². The van der Waals surface area contributed by atoms with Crippen molar-refractivity contribution >= 4 is 34.8 Å². The third kappa shape index (κ3) is 4.08. The summed E-state index contributed by atoms with van der Waals surface area (Å²) in [5.41, 5.74) is 10.7. The van der Waals surface area contributed by atoms with Crippen LogP contribution in [0.4, 0.5) is 17.5 Å². The predicted molar refractivity (Wildman–Crippen MR) is 136 cm³/mol. The zero-order chi connectivity index (χ0) is 24.5. The van der Waals surface area contributed by atoms with Crippen LogP contribution in [-0.4, -0.2) is 50.8 Å². The number of hydrogen-bond acceptors (Lipinski definition) is 6. The SMILES string of the molecule is C=CC(=O)N1CCN(c2nc(-c3ccc(NC(=O)c4ccccc4)c(C)c3)c3c(N)nccn23)C1. The first-order chi connectivity index (χ1) is 17.0. The maximum atomic E-state index is 12.6. The summed E-state index contributed by atoms with van der Waals surface area (Å²) < 4.78 is 1.90. The Morgan fingerprint density at radius 2 is 1.94 bits per heavy atom. The van der Waals surface area contributed by atoms with Gasteiger partial charge in [-0.1, -0.05) is 30.8 Å². The number of aryl methyl sites for hydroxylation is 1. The van der Waals surface area contributed by atoms with E-state index in [2.05, 4.69) is 16.9 Å². The summed E-state index contributed by atoms with van der Waals surface area (Å²) in [6.45, 7) is 7.15. The highest BCUT2D eigenvalue weighted by Gasteiger charge is 2.27. The zero-order valence-electron chi connectivity index (χ0n) is 19.3. The van der Waals surface area contributed by atoms with Gasteiger partial charge in [0.25, 0.3) is 5.91 Å². The van der Waals surface area contributed by atoms with Crippen LogP contribution in [0.15, 0.2) is 73.6 Å². The minimum atomic E-state index is -0.169. The molecule has 5 rings (SSSR count). The molecule has 0 radical (unpaired) electrons. The standard InChI is InChI=1S/C26H25N7O2/c1-3-21(34)31-13-14-32(16-31)26-30-22(23-24(27)28-11-12-33(23)26)19-9-10-20(17(2)15-19)29-25(35)18-7-5-4-6-8-18/h3-12,15H,1,13-14,16H2,2H3,(H2,27,28)(H,29,35). The number of carbonyl (C=O) groups is 2. The van der Waals surface area contributed by atoms with Gasteiger partial charge in [0.1, 0.15) is 17.0 Å². The Kier molecular flexibility index (Phi) is 5.66. The lowest BCUT2D eigenvalue weighted by Crippen LogP contribution is -2.30. The van der Waals surface area contributed by atoms with E-state index in [1.54, 1.807) is 23.2 Å². The normalized spacial score (nSPS) is 13.3. The van der Waals surface area contributed by atoms with E-state index in [0.29, 0.717) is 48.3 Å². The Morgan fingerprint density at radius 1 is 1.14 bits per heavy atom. The Balaban J connectivity index is 1.49. The van der Waals surface area contributed by atoms with Gasteiger partial charge in [-0.15, -0.1) is 0 Å². The van der Waals surface area contributed by atoms with Crippen molar-refractivity contribution in [3.63, 3.8) is 0 Å². The molecule has 1 aliphatic heterocycles. The topological polar surface area (TPSA) is 109 Å². The van der Waals surface area contributed by atoms with E-state index in [1.807, 2.05) is 58.8 Å². The number of nitrogens with two attached hydrogens (primary N) is 1. The van der Waals surface area contributed by atoms with E-state index in [9.17, 15) is 9.59 Å². The van der Waals surface area contributed by atoms with Crippen LogP contribution >= 0.6 is 0 Å². The first kappa shape index (κ1) is 22.1. The molecule has 9 nitrogen and oxygen atoms in total. The summed E-state index contributed by atoms with van der Waals surface area (Å²) in [7, 11) is 0. The van der Waals surface area contributed by atoms with E-state index < -0.39 is 0 Å². The van der Waals surface area contributed by atoms with Crippen molar-refractivity contribution in [2.45, 2.75) is 6.92 Å². The molecule has 2 amide bonds. The van der Waals surface area contributed by atoms with Crippen LogP contribution in [0.3, 0.4) is 0 Å². The lowest BCUT2D eigenvalue weighted by atomic mass is 10.1. The van der Waals surface area contributed by atoms with Gasteiger partial charge in [0.15, 0.2) is 0 Å². The molecule has 4 aromatic rings. The van der Waals surface area contributed by atoms with Gasteiger partial charge in [0.05, 0.1) is 6.67 Å². The minimum Gasteiger partial charge on any atom is -0.382 e. The van der Waals surface area contributed by atoms with Gasteiger partial charge in [0.2, 0.25) is 11.9 Å². The largest absolute Gasteiger partial charge is 0.382 e. The molecule has 0 spiro atoms. The van der Waals surface area contributed by atoms with E-state index in [4.69, 9.17) is 10.7 Å². The molecule has 0 unspecified atom stereocenters. The third-order valence-electron chi connectivity index (χ3n) is 6.10. The van der Waals surface area contributed by atoms with Crippen molar-refractivity contribution in [1.29, 1.82) is 0 Å². The van der Waals surface area contributed by atoms with Gasteiger partial charge in [-0.2, -0.15) is 0 Å². The van der Waals surface area contributed by atoms with E-state index >= 15 is 0 Å². The van der Waals surface area contributed by atoms with Crippen LogP contribution in [-0.2, 0) is 4.79 Å². The highest BCUT2D eigenvalue weighted by atomic mass is 16.2. The number of aromatic nitrogens is 3. The van der Waals surface area contributed by atoms with Gasteiger partial charge in [-0.3, -0.25) is 14.0 Å². The summed E-state index contributed by atoms with van der Waals surface area (Å²) in [6.07, 6.45) is 4.77. The summed E-state index contributed by atoms with van der Waals surface area (Å²) >= 11 is 0. The Morgan fingerprint density at radius 3 is 2.69 bits per heavy atom. The van der Waals surface area contributed by atoms with Crippen molar-refractivity contribution in [2.24, 2.45) is 0 Å². The van der Waals surface area contributed by atoms with Crippen LogP contribution in [0.25, 0.3) is 16.8 Å². The van der Waals surface area contributed by atoms with Crippen molar-refractivity contribution in [3.8, 4) is 11.3 Å². The first-order valence-corrected chi connectivity index (χ1v) is 11.2.